The zero-order valence-corrected chi connectivity index (χ0v) is 36.3. The Labute approximate surface area is 367 Å². The van der Waals surface area contributed by atoms with Crippen LogP contribution in [0.2, 0.25) is 0 Å². The average Bonchev–Trinajstić information content (AvgIpc) is 3.99. The van der Waals surface area contributed by atoms with Gasteiger partial charge in [0.1, 0.15) is 0 Å². The fraction of sp³-hybridized carbons (Fsp3) is 0. The van der Waals surface area contributed by atoms with Gasteiger partial charge in [-0.05, 0) is 18.2 Å². The summed E-state index contributed by atoms with van der Waals surface area (Å²) in [5.41, 5.74) is 12.4. The summed E-state index contributed by atoms with van der Waals surface area (Å²) in [7, 11) is 0. The van der Waals surface area contributed by atoms with Gasteiger partial charge >= 0.3 is 315 Å². The molecule has 0 saturated carbocycles. The Balaban J connectivity index is 1.10. The van der Waals surface area contributed by atoms with Gasteiger partial charge in [0.2, 0.25) is 0 Å². The van der Waals surface area contributed by atoms with Crippen LogP contribution in [-0.4, -0.2) is 32.4 Å². The van der Waals surface area contributed by atoms with E-state index in [2.05, 4.69) is 240 Å². The van der Waals surface area contributed by atoms with E-state index in [0.29, 0.717) is 0 Å². The van der Waals surface area contributed by atoms with Crippen LogP contribution in [0, 0.1) is 0 Å². The van der Waals surface area contributed by atoms with Crippen molar-refractivity contribution in [2.45, 2.75) is 0 Å². The Bertz CT molecular complexity index is 3690. The van der Waals surface area contributed by atoms with Gasteiger partial charge in [-0.2, -0.15) is 0 Å². The summed E-state index contributed by atoms with van der Waals surface area (Å²) in [6.45, 7) is 0. The van der Waals surface area contributed by atoms with E-state index in [-0.39, 0.29) is 0 Å². The fourth-order valence-electron chi connectivity index (χ4n) is 10.6. The number of aromatic nitrogens is 4. The third-order valence-electron chi connectivity index (χ3n) is 13.2. The molecule has 0 amide bonds. The molecule has 4 heterocycles. The van der Waals surface area contributed by atoms with Gasteiger partial charge < -0.3 is 0 Å². The van der Waals surface area contributed by atoms with Crippen molar-refractivity contribution in [3.8, 4) is 45.1 Å². The number of nitrogens with zero attached hydrogens (tertiary/aromatic N) is 4. The molecule has 1 aliphatic rings. The Morgan fingerprint density at radius 2 is 0.857 bits per heavy atom. The molecule has 0 fully saturated rings. The Kier molecular flexibility index (Phi) is 8.05. The molecule has 0 bridgehead atoms. The first-order valence-corrected chi connectivity index (χ1v) is 25.8. The van der Waals surface area contributed by atoms with Crippen molar-refractivity contribution in [2.24, 2.45) is 0 Å². The molecule has 0 unspecified atom stereocenters. The summed E-state index contributed by atoms with van der Waals surface area (Å²) in [5, 5.41) is 4.99. The summed E-state index contributed by atoms with van der Waals surface area (Å²) in [5.74, 6) is 0.749. The van der Waals surface area contributed by atoms with Crippen molar-refractivity contribution in [2.75, 3.05) is 0 Å². The zero-order valence-electron chi connectivity index (χ0n) is 34.2. The van der Waals surface area contributed by atoms with Crippen LogP contribution in [-0.2, 0) is 0 Å². The fourth-order valence-corrected chi connectivity index (χ4v) is 21.1. The van der Waals surface area contributed by atoms with E-state index in [9.17, 15) is 0 Å². The van der Waals surface area contributed by atoms with Crippen molar-refractivity contribution in [1.29, 1.82) is 0 Å². The van der Waals surface area contributed by atoms with Crippen LogP contribution < -0.4 is 17.7 Å². The molecule has 0 saturated heterocycles. The zero-order chi connectivity index (χ0) is 41.5. The van der Waals surface area contributed by atoms with Crippen LogP contribution in [0.3, 0.4) is 0 Å². The number of hydrogen-bond donors (Lipinski definition) is 0. The Morgan fingerprint density at radius 3 is 1.49 bits per heavy atom. The second-order valence-corrected chi connectivity index (χ2v) is 24.2. The van der Waals surface area contributed by atoms with Crippen molar-refractivity contribution in [1.82, 2.24) is 19.1 Å². The topological polar surface area (TPSA) is 35.6 Å². The van der Waals surface area contributed by atoms with Crippen molar-refractivity contribution in [3.05, 3.63) is 231 Å². The first kappa shape index (κ1) is 35.9. The number of para-hydroxylation sites is 3. The maximum atomic E-state index is 5.73. The monoisotopic (exact) mass is 864 g/mol. The summed E-state index contributed by atoms with van der Waals surface area (Å²) >= 11 is -3.71. The van der Waals surface area contributed by atoms with Crippen molar-refractivity contribution >= 4 is 74.6 Å². The van der Waals surface area contributed by atoms with Crippen LogP contribution >= 0.6 is 0 Å². The van der Waals surface area contributed by atoms with Gasteiger partial charge in [0, 0.05) is 5.69 Å². The van der Waals surface area contributed by atoms with E-state index in [0.717, 1.165) is 39.6 Å². The van der Waals surface area contributed by atoms with Gasteiger partial charge in [-0.1, -0.05) is 30.3 Å². The predicted octanol–water partition coefficient (Wildman–Crippen LogP) is 11.4. The molecule has 3 aromatic heterocycles. The second-order valence-electron chi connectivity index (χ2n) is 16.5. The molecule has 0 aliphatic carbocycles. The molecule has 0 atom stereocenters. The van der Waals surface area contributed by atoms with Crippen molar-refractivity contribution < 1.29 is 0 Å². The van der Waals surface area contributed by atoms with Gasteiger partial charge in [0.25, 0.3) is 0 Å². The number of benzene rings is 9. The van der Waals surface area contributed by atoms with E-state index < -0.39 is 13.3 Å². The number of rotatable bonds is 6. The van der Waals surface area contributed by atoms with E-state index >= 15 is 0 Å². The third-order valence-corrected chi connectivity index (χ3v) is 23.1. The molecular formula is C58H38GeN4. The van der Waals surface area contributed by atoms with Gasteiger partial charge in [-0.15, -0.1) is 0 Å². The summed E-state index contributed by atoms with van der Waals surface area (Å²) in [6, 6.07) is 84.0. The average molecular weight is 864 g/mol. The second kappa shape index (κ2) is 14.1. The standard InChI is InChI=1S/C58H38GeN4/c1-5-20-39(21-6-1)58-60-56(55-45-30-13-16-33-48(45)59(57(55)61-58,41-23-7-2-8-24-41)42-25-9-3-10-26-42)40-22-19-29-44(38-40)63-50-35-18-15-32-47(50)54-52(63)37-36-51-53(54)46-31-14-17-34-49(46)62(51)43-27-11-4-12-28-43/h1-38H. The van der Waals surface area contributed by atoms with Gasteiger partial charge in [-0.3, -0.25) is 0 Å². The Morgan fingerprint density at radius 1 is 0.365 bits per heavy atom. The summed E-state index contributed by atoms with van der Waals surface area (Å²) in [6.07, 6.45) is 0. The van der Waals surface area contributed by atoms with Gasteiger partial charge in [0.05, 0.1) is 0 Å². The van der Waals surface area contributed by atoms with Crippen molar-refractivity contribution in [3.63, 3.8) is 0 Å². The number of fused-ring (bicyclic) bond motifs is 10. The minimum atomic E-state index is -3.71. The molecule has 9 aromatic carbocycles. The maximum absolute atomic E-state index is 5.73. The predicted molar refractivity (Wildman–Crippen MR) is 264 cm³/mol. The normalized spacial score (nSPS) is 12.9. The van der Waals surface area contributed by atoms with Crippen LogP contribution in [0.1, 0.15) is 0 Å². The summed E-state index contributed by atoms with van der Waals surface area (Å²) < 4.78 is 10.1. The van der Waals surface area contributed by atoms with E-state index in [1.807, 2.05) is 0 Å². The summed E-state index contributed by atoms with van der Waals surface area (Å²) in [4.78, 5) is 11.3. The molecule has 0 N–H and O–H groups in total. The first-order valence-electron chi connectivity index (χ1n) is 21.6. The molecule has 63 heavy (non-hydrogen) atoms. The van der Waals surface area contributed by atoms with Crippen LogP contribution in [0.25, 0.3) is 88.8 Å². The molecule has 5 heteroatoms. The van der Waals surface area contributed by atoms with E-state index in [1.165, 1.54) is 66.9 Å². The molecule has 13 rings (SSSR count). The number of hydrogen-bond acceptors (Lipinski definition) is 2. The van der Waals surface area contributed by atoms with Crippen LogP contribution in [0.15, 0.2) is 231 Å². The quantitative estimate of drug-likeness (QED) is 0.156. The van der Waals surface area contributed by atoms with Gasteiger partial charge in [0.15, 0.2) is 0 Å². The molecular weight excluding hydrogens is 825 g/mol. The SMILES string of the molecule is c1ccc(-c2nc(-c3cccc(-n4c5ccccc5c5c6c7ccccc7n(-c7ccccc7)c6ccc54)c3)c3[c](n2)[Ge]([c]2ccccc2)([c]2ccccc2)[c]2ccccc2-3)cc1. The molecule has 294 valence electrons. The van der Waals surface area contributed by atoms with Crippen LogP contribution in [0.4, 0.5) is 0 Å². The molecule has 0 radical (unpaired) electrons. The minimum absolute atomic E-state index is 0.749. The Hall–Kier alpha value is -7.80. The molecule has 0 spiro atoms. The molecule has 12 aromatic rings. The van der Waals surface area contributed by atoms with E-state index in [4.69, 9.17) is 9.97 Å². The van der Waals surface area contributed by atoms with Gasteiger partial charge in [-0.25, -0.2) is 0 Å². The molecule has 1 aliphatic heterocycles. The third kappa shape index (κ3) is 5.22. The van der Waals surface area contributed by atoms with Crippen LogP contribution in [0.5, 0.6) is 0 Å². The first-order chi connectivity index (χ1) is 31.3. The van der Waals surface area contributed by atoms with E-state index in [1.54, 1.807) is 0 Å². The molecule has 4 nitrogen and oxygen atoms in total.